The van der Waals surface area contributed by atoms with Crippen molar-refractivity contribution in [2.24, 2.45) is 5.73 Å². The second-order valence-corrected chi connectivity index (χ2v) is 7.53. The maximum absolute atomic E-state index is 12.2. The van der Waals surface area contributed by atoms with Crippen molar-refractivity contribution in [1.82, 2.24) is 5.32 Å². The van der Waals surface area contributed by atoms with Crippen LogP contribution in [0.4, 0.5) is 11.4 Å². The number of amides is 2. The summed E-state index contributed by atoms with van der Waals surface area (Å²) in [4.78, 5) is 26.0. The fourth-order valence-corrected chi connectivity index (χ4v) is 3.22. The van der Waals surface area contributed by atoms with E-state index in [1.54, 1.807) is 13.8 Å². The molecule has 2 aromatic carbocycles. The van der Waals surface area contributed by atoms with Gasteiger partial charge < -0.3 is 21.3 Å². The van der Waals surface area contributed by atoms with Gasteiger partial charge in [-0.05, 0) is 43.2 Å². The van der Waals surface area contributed by atoms with Crippen LogP contribution in [0.1, 0.15) is 30.9 Å². The molecule has 1 aliphatic heterocycles. The molecule has 156 valence electrons. The van der Waals surface area contributed by atoms with Gasteiger partial charge in [-0.25, -0.2) is 0 Å². The Labute approximate surface area is 177 Å². The number of allylic oxidation sites excluding steroid dienone is 2. The van der Waals surface area contributed by atoms with Gasteiger partial charge in [0.05, 0.1) is 6.04 Å². The van der Waals surface area contributed by atoms with Gasteiger partial charge in [0, 0.05) is 30.5 Å². The Morgan fingerprint density at radius 1 is 1.07 bits per heavy atom. The minimum atomic E-state index is -0.667. The van der Waals surface area contributed by atoms with Gasteiger partial charge in [0.2, 0.25) is 11.8 Å². The molecule has 6 nitrogen and oxygen atoms in total. The van der Waals surface area contributed by atoms with Crippen molar-refractivity contribution in [3.8, 4) is 0 Å². The molecule has 0 spiro atoms. The Hall–Kier alpha value is -3.38. The normalized spacial score (nSPS) is 17.3. The highest BCUT2D eigenvalue weighted by molar-refractivity contribution is 5.97. The molecule has 30 heavy (non-hydrogen) atoms. The van der Waals surface area contributed by atoms with E-state index < -0.39 is 12.1 Å². The highest BCUT2D eigenvalue weighted by atomic mass is 16.2. The van der Waals surface area contributed by atoms with Crippen LogP contribution in [0.15, 0.2) is 66.9 Å². The number of nitrogens with two attached hydrogens (primary N) is 1. The van der Waals surface area contributed by atoms with E-state index in [2.05, 4.69) is 58.2 Å². The lowest BCUT2D eigenvalue weighted by molar-refractivity contribution is -0.126. The second-order valence-electron chi connectivity index (χ2n) is 7.53. The summed E-state index contributed by atoms with van der Waals surface area (Å²) in [5.41, 5.74) is 9.70. The second kappa shape index (κ2) is 9.41. The minimum Gasteiger partial charge on any atom is -0.351 e. The lowest BCUT2D eigenvalue weighted by Gasteiger charge is -2.26. The lowest BCUT2D eigenvalue weighted by atomic mass is 9.93. The summed E-state index contributed by atoms with van der Waals surface area (Å²) in [6, 6.07) is 14.6. The van der Waals surface area contributed by atoms with Crippen LogP contribution >= 0.6 is 0 Å². The number of nitrogens with one attached hydrogen (secondary N) is 2. The first-order valence-electron chi connectivity index (χ1n) is 10.0. The molecule has 0 aromatic heterocycles. The lowest BCUT2D eigenvalue weighted by Crippen LogP contribution is -2.47. The van der Waals surface area contributed by atoms with Crippen LogP contribution in [0.3, 0.4) is 0 Å². The van der Waals surface area contributed by atoms with Crippen molar-refractivity contribution in [3.63, 3.8) is 0 Å². The molecule has 4 N–H and O–H groups in total. The molecule has 0 bridgehead atoms. The van der Waals surface area contributed by atoms with E-state index >= 15 is 0 Å². The van der Waals surface area contributed by atoms with E-state index in [9.17, 15) is 9.59 Å². The van der Waals surface area contributed by atoms with Gasteiger partial charge >= 0.3 is 0 Å². The molecule has 6 heteroatoms. The molecule has 3 rings (SSSR count). The molecular formula is C24H28N4O2. The number of rotatable bonds is 6. The van der Waals surface area contributed by atoms with Crippen LogP contribution in [0.2, 0.25) is 0 Å². The van der Waals surface area contributed by atoms with Gasteiger partial charge in [-0.3, -0.25) is 9.59 Å². The van der Waals surface area contributed by atoms with Gasteiger partial charge in [-0.2, -0.15) is 0 Å². The fraction of sp³-hybridized carbons (Fsp3) is 0.250. The van der Waals surface area contributed by atoms with Crippen LogP contribution in [-0.2, 0) is 9.59 Å². The van der Waals surface area contributed by atoms with E-state index in [0.717, 1.165) is 5.56 Å². The van der Waals surface area contributed by atoms with Crippen molar-refractivity contribution in [2.75, 3.05) is 17.3 Å². The quantitative estimate of drug-likeness (QED) is 0.690. The van der Waals surface area contributed by atoms with E-state index in [4.69, 9.17) is 5.73 Å². The van der Waals surface area contributed by atoms with E-state index in [-0.39, 0.29) is 17.7 Å². The molecule has 1 heterocycles. The average Bonchev–Trinajstić information content (AvgIpc) is 2.74. The predicted molar refractivity (Wildman–Crippen MR) is 122 cm³/mol. The number of anilines is 2. The number of nitrogens with zero attached hydrogens (tertiary/aromatic N) is 1. The predicted octanol–water partition coefficient (Wildman–Crippen LogP) is 3.24. The third-order valence-electron chi connectivity index (χ3n) is 5.03. The van der Waals surface area contributed by atoms with E-state index in [1.807, 2.05) is 37.4 Å². The summed E-state index contributed by atoms with van der Waals surface area (Å²) >= 11 is 0. The monoisotopic (exact) mass is 404 g/mol. The zero-order valence-corrected chi connectivity index (χ0v) is 17.5. The Bertz CT molecular complexity index is 963. The molecule has 0 radical (unpaired) electrons. The minimum absolute atomic E-state index is 0.214. The van der Waals surface area contributed by atoms with Crippen molar-refractivity contribution in [3.05, 3.63) is 78.0 Å². The van der Waals surface area contributed by atoms with Gasteiger partial charge in [-0.15, -0.1) is 0 Å². The third kappa shape index (κ3) is 5.15. The van der Waals surface area contributed by atoms with Gasteiger partial charge in [0.1, 0.15) is 6.04 Å². The zero-order valence-electron chi connectivity index (χ0n) is 17.5. The van der Waals surface area contributed by atoms with Crippen molar-refractivity contribution in [2.45, 2.75) is 31.8 Å². The van der Waals surface area contributed by atoms with Crippen LogP contribution in [0.5, 0.6) is 0 Å². The molecule has 2 aromatic rings. The maximum Gasteiger partial charge on any atom is 0.246 e. The van der Waals surface area contributed by atoms with Crippen LogP contribution in [0.25, 0.3) is 6.08 Å². The first kappa shape index (κ1) is 21.3. The average molecular weight is 405 g/mol. The van der Waals surface area contributed by atoms with E-state index in [1.165, 1.54) is 11.3 Å². The number of hydrogen-bond acceptors (Lipinski definition) is 4. The molecule has 0 saturated heterocycles. The van der Waals surface area contributed by atoms with Crippen molar-refractivity contribution in [1.29, 1.82) is 0 Å². The Balaban J connectivity index is 1.62. The third-order valence-corrected chi connectivity index (χ3v) is 5.03. The van der Waals surface area contributed by atoms with Crippen molar-refractivity contribution >= 4 is 29.3 Å². The smallest absolute Gasteiger partial charge is 0.246 e. The molecule has 0 saturated carbocycles. The van der Waals surface area contributed by atoms with Crippen LogP contribution in [-0.4, -0.2) is 30.9 Å². The largest absolute Gasteiger partial charge is 0.351 e. The summed E-state index contributed by atoms with van der Waals surface area (Å²) < 4.78 is 0. The zero-order chi connectivity index (χ0) is 21.7. The highest BCUT2D eigenvalue weighted by Crippen LogP contribution is 2.33. The number of benzene rings is 2. The number of fused-ring (bicyclic) bond motifs is 1. The summed E-state index contributed by atoms with van der Waals surface area (Å²) in [5, 5.41) is 5.38. The number of para-hydroxylation sites is 1. The SMILES string of the molecule is C[C@H](NC(=O)[C@@H](C)N)C(=O)Nc1ccc(/C=C/C2C=CN(C)c3ccccc32)cc1. The van der Waals surface area contributed by atoms with Gasteiger partial charge in [0.15, 0.2) is 0 Å². The summed E-state index contributed by atoms with van der Waals surface area (Å²) in [6.07, 6.45) is 8.50. The molecule has 0 aliphatic carbocycles. The van der Waals surface area contributed by atoms with E-state index in [0.29, 0.717) is 5.69 Å². The molecule has 0 fully saturated rings. The van der Waals surface area contributed by atoms with Gasteiger partial charge in [-0.1, -0.05) is 48.6 Å². The Morgan fingerprint density at radius 2 is 1.77 bits per heavy atom. The number of carbonyl (C=O) groups is 2. The Morgan fingerprint density at radius 3 is 2.47 bits per heavy atom. The molecule has 3 atom stereocenters. The van der Waals surface area contributed by atoms with Crippen molar-refractivity contribution < 1.29 is 9.59 Å². The van der Waals surface area contributed by atoms with Crippen LogP contribution < -0.4 is 21.3 Å². The molecule has 1 aliphatic rings. The Kier molecular flexibility index (Phi) is 6.69. The number of carbonyl (C=O) groups excluding carboxylic acids is 2. The van der Waals surface area contributed by atoms with Crippen LogP contribution in [0, 0.1) is 0 Å². The maximum atomic E-state index is 12.2. The molecular weight excluding hydrogens is 376 g/mol. The molecule has 1 unspecified atom stereocenters. The standard InChI is InChI=1S/C24H28N4O2/c1-16(25)23(29)26-17(2)24(30)27-20-12-9-18(10-13-20)8-11-19-14-15-28(3)22-7-5-4-6-21(19)22/h4-17,19H,25H2,1-3H3,(H,26,29)(H,27,30)/b11-8+/t16-,17+,19?/m1/s1. The first-order chi connectivity index (χ1) is 14.3. The number of hydrogen-bond donors (Lipinski definition) is 3. The fourth-order valence-electron chi connectivity index (χ4n) is 3.22. The van der Waals surface area contributed by atoms with Gasteiger partial charge in [0.25, 0.3) is 0 Å². The summed E-state index contributed by atoms with van der Waals surface area (Å²) in [5.74, 6) is -0.436. The summed E-state index contributed by atoms with van der Waals surface area (Å²) in [7, 11) is 2.05. The molecule has 2 amide bonds. The highest BCUT2D eigenvalue weighted by Gasteiger charge is 2.18. The first-order valence-corrected chi connectivity index (χ1v) is 10.0. The summed E-state index contributed by atoms with van der Waals surface area (Å²) in [6.45, 7) is 3.20. The topological polar surface area (TPSA) is 87.5 Å².